The first kappa shape index (κ1) is 14.3. The predicted molar refractivity (Wildman–Crippen MR) is 91.2 cm³/mol. The van der Waals surface area contributed by atoms with Crippen molar-refractivity contribution in [3.63, 3.8) is 0 Å². The molecule has 1 aromatic carbocycles. The Morgan fingerprint density at radius 1 is 1.33 bits per heavy atom. The lowest BCUT2D eigenvalue weighted by Crippen LogP contribution is -2.12. The zero-order chi connectivity index (χ0) is 13.3. The topological polar surface area (TPSA) is 55.1 Å². The largest absolute Gasteiger partial charge is 0.397 e. The second-order valence-corrected chi connectivity index (χ2v) is 8.02. The number of nitrogens with two attached hydrogens (primary N) is 1. The molecule has 0 fully saturated rings. The van der Waals surface area contributed by atoms with Crippen molar-refractivity contribution in [1.82, 2.24) is 0 Å². The molecule has 0 aliphatic heterocycles. The van der Waals surface area contributed by atoms with Crippen LogP contribution in [0, 0.1) is 2.88 Å². The van der Waals surface area contributed by atoms with Crippen LogP contribution in [0.5, 0.6) is 0 Å². The summed E-state index contributed by atoms with van der Waals surface area (Å²) in [6, 6.07) is 5.42. The van der Waals surface area contributed by atoms with Crippen LogP contribution in [0.2, 0.25) is 0 Å². The van der Waals surface area contributed by atoms with Crippen LogP contribution in [0.4, 0.5) is 11.4 Å². The molecule has 0 aliphatic rings. The van der Waals surface area contributed by atoms with Crippen molar-refractivity contribution in [3.05, 3.63) is 41.0 Å². The van der Waals surface area contributed by atoms with E-state index in [0.717, 1.165) is 11.8 Å². The fourth-order valence-corrected chi connectivity index (χ4v) is 4.02. The van der Waals surface area contributed by atoms with E-state index in [2.05, 4.69) is 59.8 Å². The molecule has 0 saturated carbocycles. The Kier molecular flexibility index (Phi) is 4.68. The van der Waals surface area contributed by atoms with Gasteiger partial charge in [0, 0.05) is 14.3 Å². The highest BCUT2D eigenvalue weighted by Crippen LogP contribution is 2.33. The molecule has 2 aromatic rings. The SMILES string of the molecule is Nc1cc(Br)cc(Br)c1NC(=O)c1csc(I)c1. The number of nitrogens with one attached hydrogen (secondary N) is 1. The summed E-state index contributed by atoms with van der Waals surface area (Å²) in [6.07, 6.45) is 0. The molecule has 7 heteroatoms. The van der Waals surface area contributed by atoms with Crippen molar-refractivity contribution in [2.24, 2.45) is 0 Å². The summed E-state index contributed by atoms with van der Waals surface area (Å²) in [5.41, 5.74) is 7.61. The number of benzene rings is 1. The predicted octanol–water partition coefficient (Wildman–Crippen LogP) is 4.71. The van der Waals surface area contributed by atoms with Gasteiger partial charge in [0.2, 0.25) is 0 Å². The van der Waals surface area contributed by atoms with E-state index in [1.54, 1.807) is 6.07 Å². The van der Waals surface area contributed by atoms with Gasteiger partial charge in [-0.15, -0.1) is 11.3 Å². The maximum atomic E-state index is 12.0. The molecule has 0 atom stereocenters. The van der Waals surface area contributed by atoms with Crippen LogP contribution >= 0.6 is 65.8 Å². The van der Waals surface area contributed by atoms with Crippen molar-refractivity contribution in [1.29, 1.82) is 0 Å². The maximum Gasteiger partial charge on any atom is 0.256 e. The molecule has 0 unspecified atom stereocenters. The molecule has 1 amide bonds. The molecule has 1 heterocycles. The van der Waals surface area contributed by atoms with Gasteiger partial charge in [-0.25, -0.2) is 0 Å². The van der Waals surface area contributed by atoms with Gasteiger partial charge in [-0.2, -0.15) is 0 Å². The summed E-state index contributed by atoms with van der Waals surface area (Å²) in [4.78, 5) is 12.0. The van der Waals surface area contributed by atoms with Gasteiger partial charge >= 0.3 is 0 Å². The number of hydrogen-bond acceptors (Lipinski definition) is 3. The van der Waals surface area contributed by atoms with Gasteiger partial charge in [-0.3, -0.25) is 4.79 Å². The quantitative estimate of drug-likeness (QED) is 0.462. The summed E-state index contributed by atoms with van der Waals surface area (Å²) in [5, 5.41) is 4.63. The molecule has 0 aliphatic carbocycles. The monoisotopic (exact) mass is 500 g/mol. The lowest BCUT2D eigenvalue weighted by Gasteiger charge is -2.10. The summed E-state index contributed by atoms with van der Waals surface area (Å²) < 4.78 is 2.67. The normalized spacial score (nSPS) is 10.4. The van der Waals surface area contributed by atoms with Crippen molar-refractivity contribution >= 4 is 83.1 Å². The van der Waals surface area contributed by atoms with E-state index >= 15 is 0 Å². The van der Waals surface area contributed by atoms with Gasteiger partial charge in [0.15, 0.2) is 0 Å². The average molecular weight is 502 g/mol. The summed E-state index contributed by atoms with van der Waals surface area (Å²) in [7, 11) is 0. The van der Waals surface area contributed by atoms with Crippen molar-refractivity contribution in [2.75, 3.05) is 11.1 Å². The second-order valence-electron chi connectivity index (χ2n) is 3.45. The molecule has 0 bridgehead atoms. The minimum atomic E-state index is -0.163. The smallest absolute Gasteiger partial charge is 0.256 e. The van der Waals surface area contributed by atoms with E-state index in [1.165, 1.54) is 11.3 Å². The molecule has 2 rings (SSSR count). The van der Waals surface area contributed by atoms with Gasteiger partial charge in [-0.05, 0) is 56.7 Å². The molecular formula is C11H7Br2IN2OS. The number of thiophene rings is 1. The first-order valence-corrected chi connectivity index (χ1v) is 8.31. The minimum absolute atomic E-state index is 0.163. The third kappa shape index (κ3) is 3.25. The maximum absolute atomic E-state index is 12.0. The van der Waals surface area contributed by atoms with Gasteiger partial charge in [0.1, 0.15) is 0 Å². The fourth-order valence-electron chi connectivity index (χ4n) is 1.34. The zero-order valence-electron chi connectivity index (χ0n) is 8.84. The van der Waals surface area contributed by atoms with Crippen molar-refractivity contribution in [2.45, 2.75) is 0 Å². The Labute approximate surface area is 139 Å². The van der Waals surface area contributed by atoms with Crippen LogP contribution in [0.25, 0.3) is 0 Å². The zero-order valence-corrected chi connectivity index (χ0v) is 15.0. The summed E-state index contributed by atoms with van der Waals surface area (Å²) >= 11 is 10.4. The summed E-state index contributed by atoms with van der Waals surface area (Å²) in [5.74, 6) is -0.163. The number of amides is 1. The number of hydrogen-bond donors (Lipinski definition) is 2. The third-order valence-corrected chi connectivity index (χ3v) is 5.03. The number of nitrogen functional groups attached to an aromatic ring is 1. The van der Waals surface area contributed by atoms with Gasteiger partial charge in [0.25, 0.3) is 5.91 Å². The fraction of sp³-hybridized carbons (Fsp3) is 0. The highest BCUT2D eigenvalue weighted by Gasteiger charge is 2.13. The van der Waals surface area contributed by atoms with E-state index in [4.69, 9.17) is 5.73 Å². The van der Waals surface area contributed by atoms with E-state index < -0.39 is 0 Å². The first-order valence-electron chi connectivity index (χ1n) is 4.77. The molecule has 3 N–H and O–H groups in total. The molecule has 0 saturated heterocycles. The van der Waals surface area contributed by atoms with Crippen LogP contribution in [-0.4, -0.2) is 5.91 Å². The van der Waals surface area contributed by atoms with Crippen LogP contribution in [0.1, 0.15) is 10.4 Å². The average Bonchev–Trinajstić information content (AvgIpc) is 2.70. The van der Waals surface area contributed by atoms with E-state index in [-0.39, 0.29) is 5.91 Å². The lowest BCUT2D eigenvalue weighted by atomic mass is 10.2. The minimum Gasteiger partial charge on any atom is -0.397 e. The summed E-state index contributed by atoms with van der Waals surface area (Å²) in [6.45, 7) is 0. The molecule has 1 aromatic heterocycles. The first-order chi connectivity index (χ1) is 8.47. The standard InChI is InChI=1S/C11H7Br2IN2OS/c12-6-2-7(13)10(8(15)3-6)16-11(17)5-1-9(14)18-4-5/h1-4H,15H2,(H,16,17). The lowest BCUT2D eigenvalue weighted by molar-refractivity contribution is 0.102. The Morgan fingerprint density at radius 3 is 2.61 bits per heavy atom. The van der Waals surface area contributed by atoms with Crippen LogP contribution in [-0.2, 0) is 0 Å². The number of carbonyl (C=O) groups is 1. The number of anilines is 2. The second kappa shape index (κ2) is 5.89. The highest BCUT2D eigenvalue weighted by atomic mass is 127. The van der Waals surface area contributed by atoms with E-state index in [9.17, 15) is 4.79 Å². The Hall–Kier alpha value is -0.120. The van der Waals surface area contributed by atoms with Crippen molar-refractivity contribution < 1.29 is 4.79 Å². The number of halogens is 3. The highest BCUT2D eigenvalue weighted by molar-refractivity contribution is 14.1. The van der Waals surface area contributed by atoms with Crippen LogP contribution in [0.3, 0.4) is 0 Å². The molecule has 0 spiro atoms. The van der Waals surface area contributed by atoms with Crippen LogP contribution in [0.15, 0.2) is 32.5 Å². The Bertz CT molecular complexity index is 592. The van der Waals surface area contributed by atoms with Crippen LogP contribution < -0.4 is 11.1 Å². The molecule has 3 nitrogen and oxygen atoms in total. The Balaban J connectivity index is 2.27. The van der Waals surface area contributed by atoms with Crippen molar-refractivity contribution in [3.8, 4) is 0 Å². The third-order valence-electron chi connectivity index (χ3n) is 2.15. The van der Waals surface area contributed by atoms with Gasteiger partial charge in [0.05, 0.1) is 19.8 Å². The molecule has 0 radical (unpaired) electrons. The number of carbonyl (C=O) groups excluding carboxylic acids is 1. The number of rotatable bonds is 2. The van der Waals surface area contributed by atoms with Gasteiger partial charge < -0.3 is 11.1 Å². The molecule has 18 heavy (non-hydrogen) atoms. The van der Waals surface area contributed by atoms with E-state index in [1.807, 2.05) is 17.5 Å². The molecular weight excluding hydrogens is 495 g/mol. The van der Waals surface area contributed by atoms with E-state index in [0.29, 0.717) is 16.9 Å². The molecule has 94 valence electrons. The Morgan fingerprint density at radius 2 is 2.06 bits per heavy atom. The van der Waals surface area contributed by atoms with Gasteiger partial charge in [-0.1, -0.05) is 15.9 Å².